The average molecular weight is 590 g/mol. The van der Waals surface area contributed by atoms with Crippen LogP contribution in [0.25, 0.3) is 10.4 Å². The maximum absolute atomic E-state index is 14.3. The number of alkyl halides is 5. The Kier molecular flexibility index (Phi) is 8.42. The smallest absolute Gasteiger partial charge is 0.388 e. The second kappa shape index (κ2) is 11.2. The van der Waals surface area contributed by atoms with Gasteiger partial charge in [0.25, 0.3) is 18.2 Å². The Morgan fingerprint density at radius 3 is 2.40 bits per heavy atom. The fourth-order valence-corrected chi connectivity index (χ4v) is 5.52. The Bertz CT molecular complexity index is 1260. The summed E-state index contributed by atoms with van der Waals surface area (Å²) in [5.41, 5.74) is -2.32. The second-order valence-electron chi connectivity index (χ2n) is 11.0. The number of hydrogen-bond donors (Lipinski definition) is 3. The number of anilines is 1. The summed E-state index contributed by atoms with van der Waals surface area (Å²) in [4.78, 5) is 36.2. The molecule has 0 spiro atoms. The van der Waals surface area contributed by atoms with Gasteiger partial charge in [0.1, 0.15) is 17.6 Å². The number of carbonyl (C=O) groups excluding carboxylic acids is 2. The Morgan fingerprint density at radius 2 is 1.88 bits per heavy atom. The van der Waals surface area contributed by atoms with Crippen molar-refractivity contribution in [3.05, 3.63) is 28.5 Å². The predicted molar refractivity (Wildman–Crippen MR) is 139 cm³/mol. The molecule has 1 saturated carbocycles. The minimum Gasteiger partial charge on any atom is -0.388 e. The van der Waals surface area contributed by atoms with Crippen LogP contribution >= 0.6 is 11.3 Å². The van der Waals surface area contributed by atoms with Crippen LogP contribution in [0.2, 0.25) is 0 Å². The molecule has 0 radical (unpaired) electrons. The molecular weight excluding hydrogens is 557 g/mol. The van der Waals surface area contributed by atoms with Crippen LogP contribution in [0.3, 0.4) is 0 Å². The van der Waals surface area contributed by atoms with Gasteiger partial charge in [0.15, 0.2) is 5.01 Å². The molecule has 1 saturated heterocycles. The van der Waals surface area contributed by atoms with Gasteiger partial charge in [0.05, 0.1) is 16.5 Å². The van der Waals surface area contributed by atoms with Gasteiger partial charge in [0.2, 0.25) is 0 Å². The first kappa shape index (κ1) is 30.1. The van der Waals surface area contributed by atoms with Crippen molar-refractivity contribution in [3.63, 3.8) is 0 Å². The maximum atomic E-state index is 14.3. The summed E-state index contributed by atoms with van der Waals surface area (Å²) in [5, 5.41) is 14.9. The highest BCUT2D eigenvalue weighted by Gasteiger charge is 2.49. The molecule has 2 amide bonds. The van der Waals surface area contributed by atoms with E-state index in [0.29, 0.717) is 30.7 Å². The van der Waals surface area contributed by atoms with Crippen molar-refractivity contribution in [2.75, 3.05) is 11.9 Å². The average Bonchev–Trinajstić information content (AvgIpc) is 3.43. The van der Waals surface area contributed by atoms with Crippen molar-refractivity contribution in [3.8, 4) is 10.4 Å². The van der Waals surface area contributed by atoms with Gasteiger partial charge < -0.3 is 20.6 Å². The van der Waals surface area contributed by atoms with E-state index in [1.54, 1.807) is 11.8 Å². The Hall–Kier alpha value is -2.87. The standard InChI is InChI=1S/C26H32F5N5O3S/c1-12-6-5-9-36(12)24(38)18-19(40-23(35-18)22(37)33-13(2)25(3,4)39)16-11-32-17(10-15(16)21(27)28)34-20(14-7-8-14)26(29,30)31/h10-14,20-21,39H,5-9H2,1-4H3,(H,32,34)(H,33,37)/t12?,13?,20-/m0/s1. The van der Waals surface area contributed by atoms with Crippen molar-refractivity contribution in [2.24, 2.45) is 5.92 Å². The maximum Gasteiger partial charge on any atom is 0.408 e. The third kappa shape index (κ3) is 6.54. The van der Waals surface area contributed by atoms with E-state index in [0.717, 1.165) is 25.1 Å². The molecule has 4 rings (SSSR count). The van der Waals surface area contributed by atoms with E-state index < -0.39 is 53.6 Å². The highest BCUT2D eigenvalue weighted by molar-refractivity contribution is 7.17. The van der Waals surface area contributed by atoms with Gasteiger partial charge in [-0.1, -0.05) is 0 Å². The Labute approximate surface area is 232 Å². The number of likely N-dealkylation sites (tertiary alicyclic amines) is 1. The van der Waals surface area contributed by atoms with Gasteiger partial charge in [-0.2, -0.15) is 13.2 Å². The lowest BCUT2D eigenvalue weighted by Crippen LogP contribution is -2.47. The van der Waals surface area contributed by atoms with E-state index in [-0.39, 0.29) is 33.0 Å². The molecular formula is C26H32F5N5O3S. The van der Waals surface area contributed by atoms with E-state index >= 15 is 0 Å². The number of pyridine rings is 1. The number of carbonyl (C=O) groups is 2. The molecule has 14 heteroatoms. The number of thiazole rings is 1. The largest absolute Gasteiger partial charge is 0.408 e. The van der Waals surface area contributed by atoms with Crippen molar-refractivity contribution < 1.29 is 36.6 Å². The number of aliphatic hydroxyl groups is 1. The molecule has 220 valence electrons. The van der Waals surface area contributed by atoms with E-state index in [9.17, 15) is 36.6 Å². The van der Waals surface area contributed by atoms with Gasteiger partial charge in [-0.15, -0.1) is 11.3 Å². The van der Waals surface area contributed by atoms with Crippen molar-refractivity contribution in [1.29, 1.82) is 0 Å². The van der Waals surface area contributed by atoms with Crippen LogP contribution in [-0.4, -0.2) is 68.2 Å². The highest BCUT2D eigenvalue weighted by Crippen LogP contribution is 2.43. The monoisotopic (exact) mass is 589 g/mol. The van der Waals surface area contributed by atoms with E-state index in [1.165, 1.54) is 13.8 Å². The van der Waals surface area contributed by atoms with Gasteiger partial charge in [-0.05, 0) is 65.4 Å². The molecule has 2 aromatic heterocycles. The first-order valence-corrected chi connectivity index (χ1v) is 13.9. The normalized spacial score (nSPS) is 19.6. The number of halogens is 5. The van der Waals surface area contributed by atoms with E-state index in [1.807, 2.05) is 6.92 Å². The second-order valence-corrected chi connectivity index (χ2v) is 12.0. The topological polar surface area (TPSA) is 107 Å². The summed E-state index contributed by atoms with van der Waals surface area (Å²) >= 11 is 0.706. The van der Waals surface area contributed by atoms with Gasteiger partial charge in [-0.25, -0.2) is 18.7 Å². The van der Waals surface area contributed by atoms with Crippen LogP contribution in [-0.2, 0) is 0 Å². The van der Waals surface area contributed by atoms with Crippen LogP contribution in [0.1, 0.15) is 85.7 Å². The molecule has 0 bridgehead atoms. The number of hydrogen-bond acceptors (Lipinski definition) is 7. The lowest BCUT2D eigenvalue weighted by Gasteiger charge is -2.26. The predicted octanol–water partition coefficient (Wildman–Crippen LogP) is 5.41. The minimum absolute atomic E-state index is 0.0333. The van der Waals surface area contributed by atoms with Crippen molar-refractivity contribution in [2.45, 2.75) is 89.7 Å². The molecule has 40 heavy (non-hydrogen) atoms. The van der Waals surface area contributed by atoms with Crippen molar-refractivity contribution in [1.82, 2.24) is 20.2 Å². The van der Waals surface area contributed by atoms with Gasteiger partial charge in [0, 0.05) is 29.9 Å². The van der Waals surface area contributed by atoms with Crippen LogP contribution in [0, 0.1) is 5.92 Å². The number of amides is 2. The first-order chi connectivity index (χ1) is 18.6. The van der Waals surface area contributed by atoms with Crippen molar-refractivity contribution >= 4 is 29.0 Å². The number of nitrogens with zero attached hydrogens (tertiary/aromatic N) is 3. The molecule has 8 nitrogen and oxygen atoms in total. The van der Waals surface area contributed by atoms with E-state index in [2.05, 4.69) is 20.6 Å². The minimum atomic E-state index is -4.58. The molecule has 2 fully saturated rings. The zero-order chi connectivity index (χ0) is 29.6. The quantitative estimate of drug-likeness (QED) is 0.338. The lowest BCUT2D eigenvalue weighted by atomic mass is 10.0. The summed E-state index contributed by atoms with van der Waals surface area (Å²) < 4.78 is 69.2. The SMILES string of the molecule is CC1CCCN1C(=O)c1nc(C(=O)NC(C)C(C)(C)O)sc1-c1cnc(N[C@@H](C2CC2)C(F)(F)F)cc1C(F)F. The number of rotatable bonds is 9. The Balaban J connectivity index is 1.75. The summed E-state index contributed by atoms with van der Waals surface area (Å²) in [7, 11) is 0. The van der Waals surface area contributed by atoms with Crippen LogP contribution in [0.4, 0.5) is 27.8 Å². The van der Waals surface area contributed by atoms with Crippen LogP contribution in [0.15, 0.2) is 12.3 Å². The highest BCUT2D eigenvalue weighted by atomic mass is 32.1. The first-order valence-electron chi connectivity index (χ1n) is 13.0. The van der Waals surface area contributed by atoms with Crippen LogP contribution < -0.4 is 10.6 Å². The fraction of sp³-hybridized carbons (Fsp3) is 0.615. The molecule has 2 unspecified atom stereocenters. The molecule has 1 aliphatic heterocycles. The summed E-state index contributed by atoms with van der Waals surface area (Å²) in [5.74, 6) is -2.27. The molecule has 2 aliphatic rings. The molecule has 0 aromatic carbocycles. The Morgan fingerprint density at radius 1 is 1.20 bits per heavy atom. The molecule has 2 aromatic rings. The number of aromatic nitrogens is 2. The van der Waals surface area contributed by atoms with Gasteiger partial charge >= 0.3 is 6.18 Å². The summed E-state index contributed by atoms with van der Waals surface area (Å²) in [6.45, 7) is 6.84. The number of nitrogens with one attached hydrogen (secondary N) is 2. The zero-order valence-electron chi connectivity index (χ0n) is 22.5. The fourth-order valence-electron chi connectivity index (χ4n) is 4.53. The van der Waals surface area contributed by atoms with Gasteiger partial charge in [-0.3, -0.25) is 9.59 Å². The van der Waals surface area contributed by atoms with E-state index in [4.69, 9.17) is 0 Å². The summed E-state index contributed by atoms with van der Waals surface area (Å²) in [6, 6.07) is -1.90. The molecule has 1 aliphatic carbocycles. The third-order valence-electron chi connectivity index (χ3n) is 7.41. The lowest BCUT2D eigenvalue weighted by molar-refractivity contribution is -0.146. The molecule has 3 heterocycles. The van der Waals surface area contributed by atoms with Crippen LogP contribution in [0.5, 0.6) is 0 Å². The third-order valence-corrected chi connectivity index (χ3v) is 8.50. The molecule has 3 atom stereocenters. The summed E-state index contributed by atoms with van der Waals surface area (Å²) in [6.07, 6.45) is -4.49. The molecule has 3 N–H and O–H groups in total. The zero-order valence-corrected chi connectivity index (χ0v) is 23.3.